The van der Waals surface area contributed by atoms with Crippen molar-refractivity contribution in [2.24, 2.45) is 23.2 Å². The summed E-state index contributed by atoms with van der Waals surface area (Å²) in [5, 5.41) is 0. The normalized spacial score (nSPS) is 38.4. The summed E-state index contributed by atoms with van der Waals surface area (Å²) in [6.07, 6.45) is 3.12. The summed E-state index contributed by atoms with van der Waals surface area (Å²) >= 11 is 0. The lowest BCUT2D eigenvalue weighted by Crippen LogP contribution is -2.57. The topological polar surface area (TPSA) is 32.8 Å². The van der Waals surface area contributed by atoms with Gasteiger partial charge in [-0.2, -0.15) is 0 Å². The van der Waals surface area contributed by atoms with Gasteiger partial charge < -0.3 is 14.5 Å². The molecule has 4 aliphatic rings. The van der Waals surface area contributed by atoms with E-state index in [2.05, 4.69) is 37.6 Å². The molecular formula is C18H32N2O2. The molecule has 4 rings (SSSR count). The van der Waals surface area contributed by atoms with Crippen molar-refractivity contribution in [3.8, 4) is 0 Å². The van der Waals surface area contributed by atoms with E-state index in [1.54, 1.807) is 0 Å². The number of hydrogen-bond donors (Lipinski definition) is 0. The predicted octanol–water partition coefficient (Wildman–Crippen LogP) is 2.24. The Morgan fingerprint density at radius 3 is 2.45 bits per heavy atom. The van der Waals surface area contributed by atoms with Crippen LogP contribution in [0.15, 0.2) is 0 Å². The summed E-state index contributed by atoms with van der Waals surface area (Å²) in [6.45, 7) is 12.2. The van der Waals surface area contributed by atoms with Gasteiger partial charge in [0.05, 0.1) is 6.42 Å². The van der Waals surface area contributed by atoms with E-state index >= 15 is 0 Å². The van der Waals surface area contributed by atoms with Crippen molar-refractivity contribution in [3.05, 3.63) is 0 Å². The second-order valence-electron chi connectivity index (χ2n) is 8.38. The van der Waals surface area contributed by atoms with Crippen LogP contribution in [0.3, 0.4) is 0 Å². The van der Waals surface area contributed by atoms with Crippen LogP contribution in [0.5, 0.6) is 0 Å². The van der Waals surface area contributed by atoms with Gasteiger partial charge in [0.2, 0.25) is 0 Å². The van der Waals surface area contributed by atoms with E-state index in [1.807, 2.05) is 0 Å². The number of carbonyl (C=O) groups excluding carboxylic acids is 1. The minimum Gasteiger partial charge on any atom is -0.462 e. The van der Waals surface area contributed by atoms with Crippen molar-refractivity contribution < 1.29 is 9.53 Å². The van der Waals surface area contributed by atoms with Crippen molar-refractivity contribution in [1.29, 1.82) is 0 Å². The molecule has 0 spiro atoms. The first kappa shape index (κ1) is 16.3. The zero-order valence-corrected chi connectivity index (χ0v) is 14.7. The lowest BCUT2D eigenvalue weighted by Gasteiger charge is -2.61. The van der Waals surface area contributed by atoms with E-state index in [-0.39, 0.29) is 12.1 Å². The highest BCUT2D eigenvalue weighted by Crippen LogP contribution is 2.61. The van der Waals surface area contributed by atoms with E-state index in [0.29, 0.717) is 17.8 Å². The highest BCUT2D eigenvalue weighted by atomic mass is 16.5. The number of piperazine rings is 1. The Morgan fingerprint density at radius 2 is 1.86 bits per heavy atom. The Labute approximate surface area is 135 Å². The average molecular weight is 308 g/mol. The smallest absolute Gasteiger partial charge is 0.307 e. The molecule has 3 saturated carbocycles. The summed E-state index contributed by atoms with van der Waals surface area (Å²) in [5.74, 6) is 2.02. The van der Waals surface area contributed by atoms with Gasteiger partial charge in [0, 0.05) is 32.7 Å². The Hall–Kier alpha value is -0.610. The van der Waals surface area contributed by atoms with Crippen molar-refractivity contribution in [1.82, 2.24) is 9.80 Å². The van der Waals surface area contributed by atoms with E-state index in [4.69, 9.17) is 4.74 Å². The van der Waals surface area contributed by atoms with Gasteiger partial charge >= 0.3 is 5.97 Å². The standard InChI is InChI=1S/C18H32N2O2/c1-13-15-11-14(18(15,2)3)12-16(13)22-17(21)5-6-20-9-7-19(4)8-10-20/h13-16H,5-12H2,1-4H3/t13-,14+,15-,16-/m1/s1. The van der Waals surface area contributed by atoms with Crippen molar-refractivity contribution in [2.75, 3.05) is 39.8 Å². The number of hydrogen-bond acceptors (Lipinski definition) is 4. The largest absolute Gasteiger partial charge is 0.462 e. The molecule has 4 atom stereocenters. The second-order valence-corrected chi connectivity index (χ2v) is 8.38. The first-order chi connectivity index (χ1) is 10.4. The zero-order valence-electron chi connectivity index (χ0n) is 14.7. The molecule has 1 saturated heterocycles. The minimum atomic E-state index is 0.00915. The molecule has 2 bridgehead atoms. The molecule has 22 heavy (non-hydrogen) atoms. The molecule has 4 heteroatoms. The van der Waals surface area contributed by atoms with Crippen LogP contribution in [0.4, 0.5) is 0 Å². The van der Waals surface area contributed by atoms with E-state index in [0.717, 1.165) is 51.0 Å². The van der Waals surface area contributed by atoms with E-state index < -0.39 is 0 Å². The van der Waals surface area contributed by atoms with Gasteiger partial charge in [-0.05, 0) is 43.1 Å². The first-order valence-electron chi connectivity index (χ1n) is 8.98. The third-order valence-electron chi connectivity index (χ3n) is 6.80. The molecule has 0 aromatic carbocycles. The predicted molar refractivity (Wildman–Crippen MR) is 87.6 cm³/mol. The van der Waals surface area contributed by atoms with Gasteiger partial charge in [0.25, 0.3) is 0 Å². The average Bonchev–Trinajstić information content (AvgIpc) is 2.48. The zero-order chi connectivity index (χ0) is 15.9. The molecule has 1 heterocycles. The van der Waals surface area contributed by atoms with Gasteiger partial charge in [0.1, 0.15) is 6.10 Å². The Bertz CT molecular complexity index is 415. The van der Waals surface area contributed by atoms with Crippen LogP contribution in [0.25, 0.3) is 0 Å². The molecule has 0 amide bonds. The summed E-state index contributed by atoms with van der Waals surface area (Å²) in [5.41, 5.74) is 0.460. The van der Waals surface area contributed by atoms with Crippen LogP contribution >= 0.6 is 0 Å². The second kappa shape index (κ2) is 6.12. The van der Waals surface area contributed by atoms with Gasteiger partial charge in [-0.25, -0.2) is 0 Å². The maximum absolute atomic E-state index is 12.2. The maximum Gasteiger partial charge on any atom is 0.307 e. The molecular weight excluding hydrogens is 276 g/mol. The number of rotatable bonds is 4. The Balaban J connectivity index is 1.41. The number of fused-ring (bicyclic) bond motifs is 2. The number of carbonyl (C=O) groups is 1. The highest BCUT2D eigenvalue weighted by molar-refractivity contribution is 5.69. The Kier molecular flexibility index (Phi) is 4.52. The van der Waals surface area contributed by atoms with Crippen molar-refractivity contribution in [3.63, 3.8) is 0 Å². The third-order valence-corrected chi connectivity index (χ3v) is 6.80. The van der Waals surface area contributed by atoms with E-state index in [1.165, 1.54) is 6.42 Å². The molecule has 4 fully saturated rings. The number of ether oxygens (including phenoxy) is 1. The summed E-state index contributed by atoms with van der Waals surface area (Å²) in [7, 11) is 2.16. The minimum absolute atomic E-state index is 0.00915. The highest BCUT2D eigenvalue weighted by Gasteiger charge is 2.57. The van der Waals surface area contributed by atoms with E-state index in [9.17, 15) is 4.79 Å². The lowest BCUT2D eigenvalue weighted by atomic mass is 9.45. The fraction of sp³-hybridized carbons (Fsp3) is 0.944. The molecule has 0 radical (unpaired) electrons. The van der Waals surface area contributed by atoms with Crippen LogP contribution in [0.1, 0.15) is 40.0 Å². The Morgan fingerprint density at radius 1 is 1.18 bits per heavy atom. The van der Waals surface area contributed by atoms with Crippen LogP contribution in [0, 0.1) is 23.2 Å². The van der Waals surface area contributed by atoms with Crippen molar-refractivity contribution >= 4 is 5.97 Å². The first-order valence-corrected chi connectivity index (χ1v) is 8.98. The summed E-state index contributed by atoms with van der Waals surface area (Å²) in [6, 6.07) is 0. The molecule has 0 aromatic rings. The van der Waals surface area contributed by atoms with Crippen LogP contribution in [-0.2, 0) is 9.53 Å². The van der Waals surface area contributed by atoms with Gasteiger partial charge in [-0.1, -0.05) is 20.8 Å². The molecule has 0 aromatic heterocycles. The number of nitrogens with zero attached hydrogens (tertiary/aromatic N) is 2. The molecule has 126 valence electrons. The fourth-order valence-electron chi connectivity index (χ4n) is 4.81. The molecule has 1 aliphatic heterocycles. The van der Waals surface area contributed by atoms with Crippen LogP contribution in [-0.4, -0.2) is 61.6 Å². The molecule has 0 unspecified atom stereocenters. The van der Waals surface area contributed by atoms with Crippen LogP contribution in [0.2, 0.25) is 0 Å². The van der Waals surface area contributed by atoms with Gasteiger partial charge in [-0.3, -0.25) is 4.79 Å². The molecule has 0 N–H and O–H groups in total. The van der Waals surface area contributed by atoms with Crippen molar-refractivity contribution in [2.45, 2.75) is 46.1 Å². The summed E-state index contributed by atoms with van der Waals surface area (Å²) in [4.78, 5) is 16.9. The lowest BCUT2D eigenvalue weighted by molar-refractivity contribution is -0.186. The third kappa shape index (κ3) is 3.05. The number of esters is 1. The molecule has 4 nitrogen and oxygen atoms in total. The summed E-state index contributed by atoms with van der Waals surface area (Å²) < 4.78 is 5.83. The monoisotopic (exact) mass is 308 g/mol. The number of likely N-dealkylation sites (N-methyl/N-ethyl adjacent to an activating group) is 1. The van der Waals surface area contributed by atoms with Gasteiger partial charge in [0.15, 0.2) is 0 Å². The fourth-order valence-corrected chi connectivity index (χ4v) is 4.81. The molecule has 3 aliphatic carbocycles. The van der Waals surface area contributed by atoms with Gasteiger partial charge in [-0.15, -0.1) is 0 Å². The SMILES string of the molecule is C[C@@H]1[C@H]2C[C@@H](C[C@H]1OC(=O)CCN1CCN(C)CC1)C2(C)C. The van der Waals surface area contributed by atoms with Crippen LogP contribution < -0.4 is 0 Å². The maximum atomic E-state index is 12.2. The quantitative estimate of drug-likeness (QED) is 0.746.